The maximum Gasteiger partial charge on any atom is 0.0723 e. The maximum absolute atomic E-state index is 6.06. The minimum atomic E-state index is 0.630. The van der Waals surface area contributed by atoms with E-state index in [1.54, 1.807) is 0 Å². The van der Waals surface area contributed by atoms with Crippen molar-refractivity contribution in [3.8, 4) is 11.1 Å². The minimum Gasteiger partial charge on any atom is -0.370 e. The number of rotatable bonds is 5. The number of nitrogens with zero attached hydrogens (tertiary/aromatic N) is 3. The molecule has 0 aliphatic carbocycles. The molecular weight excluding hydrogens is 416 g/mol. The van der Waals surface area contributed by atoms with E-state index in [1.165, 1.54) is 12.1 Å². The van der Waals surface area contributed by atoms with Crippen LogP contribution in [0.3, 0.4) is 0 Å². The van der Waals surface area contributed by atoms with Gasteiger partial charge in [-0.15, -0.1) is 0 Å². The van der Waals surface area contributed by atoms with Gasteiger partial charge in [-0.3, -0.25) is 4.98 Å². The van der Waals surface area contributed by atoms with Gasteiger partial charge in [0.1, 0.15) is 0 Å². The van der Waals surface area contributed by atoms with Crippen molar-refractivity contribution in [2.24, 2.45) is 0 Å². The summed E-state index contributed by atoms with van der Waals surface area (Å²) in [6.07, 6.45) is 3.07. The molecule has 0 spiro atoms. The summed E-state index contributed by atoms with van der Waals surface area (Å²) < 4.78 is 0. The first-order chi connectivity index (χ1) is 15.6. The summed E-state index contributed by atoms with van der Waals surface area (Å²) in [7, 11) is 4.33. The molecule has 5 heteroatoms. The number of benzene rings is 3. The molecule has 4 nitrogen and oxygen atoms in total. The molecule has 2 heterocycles. The Morgan fingerprint density at radius 1 is 0.938 bits per heavy atom. The smallest absolute Gasteiger partial charge is 0.0723 e. The van der Waals surface area contributed by atoms with Gasteiger partial charge in [-0.2, -0.15) is 0 Å². The maximum atomic E-state index is 6.06. The Hall–Kier alpha value is -3.08. The van der Waals surface area contributed by atoms with Gasteiger partial charge in [-0.1, -0.05) is 29.8 Å². The van der Waals surface area contributed by atoms with E-state index in [0.717, 1.165) is 51.5 Å². The molecule has 0 amide bonds. The van der Waals surface area contributed by atoms with Gasteiger partial charge < -0.3 is 15.1 Å². The topological polar surface area (TPSA) is 31.4 Å². The summed E-state index contributed by atoms with van der Waals surface area (Å²) in [5.41, 5.74) is 6.65. The lowest BCUT2D eigenvalue weighted by molar-refractivity contribution is 0.315. The molecule has 3 aromatic carbocycles. The van der Waals surface area contributed by atoms with Gasteiger partial charge in [0.15, 0.2) is 0 Å². The number of pyridine rings is 1. The molecule has 0 unspecified atom stereocenters. The summed E-state index contributed by atoms with van der Waals surface area (Å²) in [6.45, 7) is 2.19. The van der Waals surface area contributed by atoms with Crippen molar-refractivity contribution in [1.29, 1.82) is 0 Å². The average molecular weight is 443 g/mol. The first-order valence-electron chi connectivity index (χ1n) is 11.0. The highest BCUT2D eigenvalue weighted by molar-refractivity contribution is 6.30. The molecule has 4 aromatic rings. The van der Waals surface area contributed by atoms with Gasteiger partial charge >= 0.3 is 0 Å². The Morgan fingerprint density at radius 2 is 1.69 bits per heavy atom. The van der Waals surface area contributed by atoms with Crippen LogP contribution in [0, 0.1) is 0 Å². The van der Waals surface area contributed by atoms with Crippen molar-refractivity contribution < 1.29 is 0 Å². The summed E-state index contributed by atoms with van der Waals surface area (Å²) in [5, 5.41) is 5.43. The number of hydrogen-bond donors (Lipinski definition) is 1. The van der Waals surface area contributed by atoms with Crippen molar-refractivity contribution in [2.45, 2.75) is 12.5 Å². The number of fused-ring (bicyclic) bond motifs is 1. The fraction of sp³-hybridized carbons (Fsp3) is 0.222. The average Bonchev–Trinajstić information content (AvgIpc) is 3.31. The van der Waals surface area contributed by atoms with Crippen LogP contribution in [-0.4, -0.2) is 43.1 Å². The van der Waals surface area contributed by atoms with E-state index in [9.17, 15) is 0 Å². The molecule has 1 aromatic heterocycles. The van der Waals surface area contributed by atoms with Crippen molar-refractivity contribution in [1.82, 2.24) is 9.88 Å². The SMILES string of the molecule is CN(C)[C@@H]1CCN(c2ccc(Nc3ccnc4ccc(-c5ccc(Cl)cc5)cc34)cc2)C1. The molecule has 0 saturated carbocycles. The molecule has 1 aliphatic rings. The third-order valence-corrected chi connectivity index (χ3v) is 6.58. The Kier molecular flexibility index (Phi) is 5.73. The van der Waals surface area contributed by atoms with Crippen LogP contribution in [-0.2, 0) is 0 Å². The van der Waals surface area contributed by atoms with Crippen LogP contribution in [0.5, 0.6) is 0 Å². The second-order valence-electron chi connectivity index (χ2n) is 8.62. The summed E-state index contributed by atoms with van der Waals surface area (Å²) >= 11 is 6.06. The van der Waals surface area contributed by atoms with Crippen LogP contribution in [0.15, 0.2) is 79.0 Å². The van der Waals surface area contributed by atoms with E-state index in [1.807, 2.05) is 36.5 Å². The summed E-state index contributed by atoms with van der Waals surface area (Å²) in [6, 6.07) is 25.7. The zero-order valence-corrected chi connectivity index (χ0v) is 19.2. The van der Waals surface area contributed by atoms with Crippen LogP contribution in [0.2, 0.25) is 5.02 Å². The summed E-state index contributed by atoms with van der Waals surface area (Å²) in [5.74, 6) is 0. The monoisotopic (exact) mass is 442 g/mol. The van der Waals surface area contributed by atoms with Crippen LogP contribution >= 0.6 is 11.6 Å². The number of nitrogens with one attached hydrogen (secondary N) is 1. The second-order valence-corrected chi connectivity index (χ2v) is 9.06. The van der Waals surface area contributed by atoms with Crippen molar-refractivity contribution >= 4 is 39.6 Å². The lowest BCUT2D eigenvalue weighted by Crippen LogP contribution is -2.31. The Balaban J connectivity index is 1.39. The molecule has 162 valence electrons. The molecule has 0 radical (unpaired) electrons. The van der Waals surface area contributed by atoms with Gasteiger partial charge in [0.2, 0.25) is 0 Å². The zero-order valence-electron chi connectivity index (χ0n) is 18.4. The van der Waals surface area contributed by atoms with E-state index >= 15 is 0 Å². The number of anilines is 3. The molecule has 1 N–H and O–H groups in total. The number of hydrogen-bond acceptors (Lipinski definition) is 4. The summed E-state index contributed by atoms with van der Waals surface area (Å²) in [4.78, 5) is 9.34. The largest absolute Gasteiger partial charge is 0.370 e. The Labute approximate surface area is 194 Å². The van der Waals surface area contributed by atoms with Crippen molar-refractivity contribution in [2.75, 3.05) is 37.4 Å². The first kappa shape index (κ1) is 20.8. The fourth-order valence-electron chi connectivity index (χ4n) is 4.39. The van der Waals surface area contributed by atoms with Gasteiger partial charge in [0, 0.05) is 52.8 Å². The quantitative estimate of drug-likeness (QED) is 0.385. The predicted octanol–water partition coefficient (Wildman–Crippen LogP) is 6.44. The Bertz CT molecular complexity index is 1220. The van der Waals surface area contributed by atoms with Crippen molar-refractivity contribution in [3.05, 3.63) is 84.0 Å². The highest BCUT2D eigenvalue weighted by Gasteiger charge is 2.23. The third-order valence-electron chi connectivity index (χ3n) is 6.32. The van der Waals surface area contributed by atoms with Gasteiger partial charge in [-0.25, -0.2) is 0 Å². The molecule has 1 atom stereocenters. The molecule has 32 heavy (non-hydrogen) atoms. The van der Waals surface area contributed by atoms with Crippen LogP contribution < -0.4 is 10.2 Å². The van der Waals surface area contributed by atoms with E-state index in [0.29, 0.717) is 6.04 Å². The normalized spacial score (nSPS) is 16.1. The van der Waals surface area contributed by atoms with Crippen LogP contribution in [0.4, 0.5) is 17.1 Å². The second kappa shape index (κ2) is 8.81. The molecule has 1 saturated heterocycles. The fourth-order valence-corrected chi connectivity index (χ4v) is 4.51. The number of likely N-dealkylation sites (N-methyl/N-ethyl adjacent to an activating group) is 1. The highest BCUT2D eigenvalue weighted by Crippen LogP contribution is 2.31. The number of halogens is 1. The van der Waals surface area contributed by atoms with Crippen LogP contribution in [0.1, 0.15) is 6.42 Å². The molecular formula is C27H27ClN4. The molecule has 1 aliphatic heterocycles. The highest BCUT2D eigenvalue weighted by atomic mass is 35.5. The van der Waals surface area contributed by atoms with E-state index < -0.39 is 0 Å². The lowest BCUT2D eigenvalue weighted by atomic mass is 10.0. The van der Waals surface area contributed by atoms with Crippen LogP contribution in [0.25, 0.3) is 22.0 Å². The third kappa shape index (κ3) is 4.29. The van der Waals surface area contributed by atoms with Gasteiger partial charge in [0.25, 0.3) is 0 Å². The van der Waals surface area contributed by atoms with Gasteiger partial charge in [0.05, 0.1) is 5.52 Å². The Morgan fingerprint density at radius 3 is 2.41 bits per heavy atom. The zero-order chi connectivity index (χ0) is 22.1. The predicted molar refractivity (Wildman–Crippen MR) is 136 cm³/mol. The molecule has 1 fully saturated rings. The van der Waals surface area contributed by atoms with E-state index in [4.69, 9.17) is 11.6 Å². The van der Waals surface area contributed by atoms with E-state index in [2.05, 4.69) is 76.7 Å². The molecule has 5 rings (SSSR count). The van der Waals surface area contributed by atoms with E-state index in [-0.39, 0.29) is 0 Å². The van der Waals surface area contributed by atoms with Crippen molar-refractivity contribution in [3.63, 3.8) is 0 Å². The molecule has 0 bridgehead atoms. The number of aromatic nitrogens is 1. The lowest BCUT2D eigenvalue weighted by Gasteiger charge is -2.22. The first-order valence-corrected chi connectivity index (χ1v) is 11.4. The standard InChI is InChI=1S/C27H27ClN4/c1-31(2)24-14-16-32(18-24)23-10-8-22(9-11-23)30-27-13-15-29-26-12-5-20(17-25(26)27)19-3-6-21(28)7-4-19/h3-13,15,17,24H,14,16,18H2,1-2H3,(H,29,30)/t24-/m1/s1. The minimum absolute atomic E-state index is 0.630. The van der Waals surface area contributed by atoms with Gasteiger partial charge in [-0.05, 0) is 86.2 Å².